The van der Waals surface area contributed by atoms with E-state index in [-0.39, 0.29) is 6.54 Å². The molecular formula is C13H16N6O3S. The number of rotatable bonds is 5. The molecule has 9 nitrogen and oxygen atoms in total. The Bertz CT molecular complexity index is 702. The third kappa shape index (κ3) is 3.70. The lowest BCUT2D eigenvalue weighted by atomic mass is 10.1. The van der Waals surface area contributed by atoms with Gasteiger partial charge in [0.15, 0.2) is 11.7 Å². The molecule has 0 atom stereocenters. The molecule has 1 saturated heterocycles. The van der Waals surface area contributed by atoms with E-state index >= 15 is 0 Å². The van der Waals surface area contributed by atoms with Gasteiger partial charge in [-0.2, -0.15) is 4.80 Å². The Morgan fingerprint density at radius 2 is 2.17 bits per heavy atom. The van der Waals surface area contributed by atoms with E-state index in [0.29, 0.717) is 44.1 Å². The number of ether oxygens (including phenoxy) is 1. The van der Waals surface area contributed by atoms with Crippen molar-refractivity contribution < 1.29 is 14.3 Å². The molecule has 1 aliphatic heterocycles. The second kappa shape index (κ2) is 6.82. The maximum Gasteiger partial charge on any atom is 0.329 e. The van der Waals surface area contributed by atoms with Crippen LogP contribution in [0.15, 0.2) is 6.20 Å². The zero-order valence-electron chi connectivity index (χ0n) is 12.6. The van der Waals surface area contributed by atoms with Gasteiger partial charge in [0, 0.05) is 25.9 Å². The first kappa shape index (κ1) is 15.5. The summed E-state index contributed by atoms with van der Waals surface area (Å²) in [5, 5.41) is 12.8. The van der Waals surface area contributed by atoms with Crippen LogP contribution in [-0.4, -0.2) is 56.6 Å². The van der Waals surface area contributed by atoms with Gasteiger partial charge in [-0.05, 0) is 12.1 Å². The molecule has 0 aromatic carbocycles. The van der Waals surface area contributed by atoms with Gasteiger partial charge in [0.2, 0.25) is 5.82 Å². The molecule has 122 valence electrons. The number of tetrazole rings is 1. The Morgan fingerprint density at radius 1 is 1.39 bits per heavy atom. The Balaban J connectivity index is 1.67. The van der Waals surface area contributed by atoms with Crippen molar-refractivity contribution in [3.05, 3.63) is 6.20 Å². The Morgan fingerprint density at radius 3 is 2.91 bits per heavy atom. The number of ketones is 1. The summed E-state index contributed by atoms with van der Waals surface area (Å²) < 4.78 is 4.84. The smallest absolute Gasteiger partial charge is 0.329 e. The second-order valence-corrected chi connectivity index (χ2v) is 5.99. The molecule has 3 rings (SSSR count). The fraction of sp³-hybridized carbons (Fsp3) is 0.538. The van der Waals surface area contributed by atoms with Crippen molar-refractivity contribution in [2.24, 2.45) is 0 Å². The zero-order chi connectivity index (χ0) is 16.2. The fourth-order valence-corrected chi connectivity index (χ4v) is 3.08. The highest BCUT2D eigenvalue weighted by Crippen LogP contribution is 2.29. The minimum atomic E-state index is -0.403. The summed E-state index contributed by atoms with van der Waals surface area (Å²) >= 11 is 1.45. The first-order valence-electron chi connectivity index (χ1n) is 7.32. The number of thiazole rings is 1. The first-order chi connectivity index (χ1) is 11.2. The SMILES string of the molecule is CCOC(=O)Cn1nnc(-c2cnc(N3CCC(=O)CC3)s2)n1. The largest absolute Gasteiger partial charge is 0.465 e. The van der Waals surface area contributed by atoms with E-state index in [4.69, 9.17) is 4.74 Å². The van der Waals surface area contributed by atoms with Crippen molar-refractivity contribution >= 4 is 28.2 Å². The van der Waals surface area contributed by atoms with Gasteiger partial charge in [-0.25, -0.2) is 9.78 Å². The summed E-state index contributed by atoms with van der Waals surface area (Å²) in [6.07, 6.45) is 2.80. The van der Waals surface area contributed by atoms with Gasteiger partial charge in [0.25, 0.3) is 0 Å². The van der Waals surface area contributed by atoms with Crippen LogP contribution in [0.4, 0.5) is 5.13 Å². The summed E-state index contributed by atoms with van der Waals surface area (Å²) in [5.74, 6) is 0.312. The third-order valence-electron chi connectivity index (χ3n) is 3.33. The predicted molar refractivity (Wildman–Crippen MR) is 82.0 cm³/mol. The Hall–Kier alpha value is -2.36. The van der Waals surface area contributed by atoms with Gasteiger partial charge in [0.1, 0.15) is 5.78 Å². The third-order valence-corrected chi connectivity index (χ3v) is 4.39. The van der Waals surface area contributed by atoms with Gasteiger partial charge in [-0.15, -0.1) is 10.2 Å². The van der Waals surface area contributed by atoms with Gasteiger partial charge in [-0.1, -0.05) is 11.3 Å². The molecule has 0 saturated carbocycles. The summed E-state index contributed by atoms with van der Waals surface area (Å²) in [5.41, 5.74) is 0. The molecule has 2 aromatic rings. The average Bonchev–Trinajstić information content (AvgIpc) is 3.17. The van der Waals surface area contributed by atoms with E-state index in [1.165, 1.54) is 16.1 Å². The monoisotopic (exact) mass is 336 g/mol. The van der Waals surface area contributed by atoms with Crippen LogP contribution < -0.4 is 4.90 Å². The van der Waals surface area contributed by atoms with Gasteiger partial charge < -0.3 is 9.64 Å². The number of nitrogens with zero attached hydrogens (tertiary/aromatic N) is 6. The molecule has 10 heteroatoms. The van der Waals surface area contributed by atoms with Crippen LogP contribution in [0, 0.1) is 0 Å². The fourth-order valence-electron chi connectivity index (χ4n) is 2.19. The highest BCUT2D eigenvalue weighted by atomic mass is 32.1. The quantitative estimate of drug-likeness (QED) is 0.728. The Labute approximate surface area is 136 Å². The minimum absolute atomic E-state index is 0.0687. The van der Waals surface area contributed by atoms with E-state index in [2.05, 4.69) is 25.3 Å². The lowest BCUT2D eigenvalue weighted by Gasteiger charge is -2.25. The van der Waals surface area contributed by atoms with Gasteiger partial charge in [0.05, 0.1) is 17.7 Å². The highest BCUT2D eigenvalue weighted by molar-refractivity contribution is 7.18. The topological polar surface area (TPSA) is 103 Å². The molecule has 1 aliphatic rings. The normalized spacial score (nSPS) is 15.0. The van der Waals surface area contributed by atoms with Crippen molar-refractivity contribution in [2.45, 2.75) is 26.3 Å². The van der Waals surface area contributed by atoms with Crippen molar-refractivity contribution in [2.75, 3.05) is 24.6 Å². The molecule has 2 aromatic heterocycles. The van der Waals surface area contributed by atoms with Crippen molar-refractivity contribution in [3.8, 4) is 10.7 Å². The van der Waals surface area contributed by atoms with Crippen molar-refractivity contribution in [3.63, 3.8) is 0 Å². The maximum absolute atomic E-state index is 11.4. The molecule has 23 heavy (non-hydrogen) atoms. The summed E-state index contributed by atoms with van der Waals surface area (Å²) in [7, 11) is 0. The molecule has 0 unspecified atom stereocenters. The van der Waals surface area contributed by atoms with E-state index < -0.39 is 5.97 Å². The molecule has 0 amide bonds. The molecular weight excluding hydrogens is 320 g/mol. The van der Waals surface area contributed by atoms with Crippen LogP contribution in [0.1, 0.15) is 19.8 Å². The second-order valence-electron chi connectivity index (χ2n) is 4.98. The molecule has 0 spiro atoms. The highest BCUT2D eigenvalue weighted by Gasteiger charge is 2.20. The number of Topliss-reactive ketones (excluding diaryl/α,β-unsaturated/α-hetero) is 1. The van der Waals surface area contributed by atoms with Crippen LogP contribution in [0.3, 0.4) is 0 Å². The average molecular weight is 336 g/mol. The predicted octanol–water partition coefficient (Wildman–Crippen LogP) is 0.529. The van der Waals surface area contributed by atoms with Crippen LogP contribution in [-0.2, 0) is 20.9 Å². The molecule has 0 bridgehead atoms. The number of carbonyl (C=O) groups is 2. The molecule has 0 aliphatic carbocycles. The van der Waals surface area contributed by atoms with Crippen LogP contribution >= 0.6 is 11.3 Å². The van der Waals surface area contributed by atoms with Crippen LogP contribution in [0.5, 0.6) is 0 Å². The van der Waals surface area contributed by atoms with E-state index in [1.807, 2.05) is 0 Å². The van der Waals surface area contributed by atoms with Crippen LogP contribution in [0.2, 0.25) is 0 Å². The number of aromatic nitrogens is 5. The van der Waals surface area contributed by atoms with Gasteiger partial charge >= 0.3 is 5.97 Å². The number of carbonyl (C=O) groups excluding carboxylic acids is 2. The molecule has 0 radical (unpaired) electrons. The number of hydrogen-bond acceptors (Lipinski definition) is 9. The number of piperidine rings is 1. The standard InChI is InChI=1S/C13H16N6O3S/c1-2-22-11(21)8-19-16-12(15-17-19)10-7-14-13(23-10)18-5-3-9(20)4-6-18/h7H,2-6,8H2,1H3. The molecule has 3 heterocycles. The minimum Gasteiger partial charge on any atom is -0.465 e. The lowest BCUT2D eigenvalue weighted by molar-refractivity contribution is -0.144. The van der Waals surface area contributed by atoms with E-state index in [9.17, 15) is 9.59 Å². The zero-order valence-corrected chi connectivity index (χ0v) is 13.5. The van der Waals surface area contributed by atoms with Crippen molar-refractivity contribution in [1.82, 2.24) is 25.2 Å². The summed E-state index contributed by atoms with van der Waals surface area (Å²) in [6.45, 7) is 3.37. The van der Waals surface area contributed by atoms with Crippen LogP contribution in [0.25, 0.3) is 10.7 Å². The summed E-state index contributed by atoms with van der Waals surface area (Å²) in [4.78, 5) is 31.1. The Kier molecular flexibility index (Phi) is 4.60. The maximum atomic E-state index is 11.4. The summed E-state index contributed by atoms with van der Waals surface area (Å²) in [6, 6.07) is 0. The molecule has 0 N–H and O–H groups in total. The molecule has 1 fully saturated rings. The number of anilines is 1. The van der Waals surface area contributed by atoms with E-state index in [1.54, 1.807) is 13.1 Å². The first-order valence-corrected chi connectivity index (χ1v) is 8.13. The van der Waals surface area contributed by atoms with Crippen molar-refractivity contribution in [1.29, 1.82) is 0 Å². The lowest BCUT2D eigenvalue weighted by Crippen LogP contribution is -2.33. The van der Waals surface area contributed by atoms with Gasteiger partial charge in [-0.3, -0.25) is 4.79 Å². The van der Waals surface area contributed by atoms with E-state index in [0.717, 1.165) is 10.0 Å². The number of esters is 1. The number of hydrogen-bond donors (Lipinski definition) is 0.